The number of unbranched alkanes of at least 4 members (excludes halogenated alkanes) is 3. The maximum atomic E-state index is 3.78. The highest BCUT2D eigenvalue weighted by molar-refractivity contribution is 4.88. The van der Waals surface area contributed by atoms with Crippen molar-refractivity contribution in [2.24, 2.45) is 0 Å². The van der Waals surface area contributed by atoms with Gasteiger partial charge in [0.25, 0.3) is 0 Å². The molecule has 0 atom stereocenters. The van der Waals surface area contributed by atoms with Crippen LogP contribution in [0, 0.1) is 0 Å². The molecule has 0 unspecified atom stereocenters. The number of pyridine rings is 1. The van der Waals surface area contributed by atoms with Gasteiger partial charge in [0.05, 0.1) is 0 Å². The maximum absolute atomic E-state index is 3.78. The third-order valence-electron chi connectivity index (χ3n) is 2.02. The molecule has 0 spiro atoms. The van der Waals surface area contributed by atoms with Crippen molar-refractivity contribution >= 4 is 0 Å². The van der Waals surface area contributed by atoms with Gasteiger partial charge in [-0.05, 0) is 31.6 Å². The molecule has 0 aliphatic rings. The van der Waals surface area contributed by atoms with E-state index in [1.54, 1.807) is 12.4 Å². The second-order valence-corrected chi connectivity index (χ2v) is 3.44. The first-order valence-electron chi connectivity index (χ1n) is 5.97. The Morgan fingerprint density at radius 2 is 1.67 bits per heavy atom. The molecule has 0 aliphatic carbocycles. The molecule has 0 radical (unpaired) electrons. The van der Waals surface area contributed by atoms with E-state index in [4.69, 9.17) is 0 Å². The second kappa shape index (κ2) is 13.1. The Kier molecular flexibility index (Phi) is 12.3. The maximum Gasteiger partial charge on any atom is 0.0267 e. The Labute approximate surface area is 94.1 Å². The van der Waals surface area contributed by atoms with Crippen molar-refractivity contribution in [3.05, 3.63) is 30.6 Å². The monoisotopic (exact) mass is 208 g/mol. The summed E-state index contributed by atoms with van der Waals surface area (Å²) in [6, 6.07) is 5.72. The molecule has 15 heavy (non-hydrogen) atoms. The highest BCUT2D eigenvalue weighted by Crippen LogP contribution is 1.96. The lowest BCUT2D eigenvalue weighted by Gasteiger charge is -1.98. The lowest BCUT2D eigenvalue weighted by Crippen LogP contribution is -2.13. The second-order valence-electron chi connectivity index (χ2n) is 3.44. The Balaban J connectivity index is 0.000000280. The van der Waals surface area contributed by atoms with Crippen LogP contribution in [0.3, 0.4) is 0 Å². The summed E-state index contributed by atoms with van der Waals surface area (Å²) in [5.74, 6) is 0. The lowest BCUT2D eigenvalue weighted by molar-refractivity contribution is 0.611. The van der Waals surface area contributed by atoms with Crippen molar-refractivity contribution in [1.29, 1.82) is 0 Å². The topological polar surface area (TPSA) is 24.9 Å². The van der Waals surface area contributed by atoms with Crippen LogP contribution in [0.25, 0.3) is 0 Å². The third kappa shape index (κ3) is 13.1. The standard InChI is InChI=1S/C8H19N.C5H5N/c1-3-5-6-7-8-9-4-2;1-2-4-6-5-3-1/h9H,3-8H2,1-2H3;1-5H. The highest BCUT2D eigenvalue weighted by atomic mass is 14.8. The van der Waals surface area contributed by atoms with Crippen molar-refractivity contribution < 1.29 is 0 Å². The summed E-state index contributed by atoms with van der Waals surface area (Å²) in [7, 11) is 0. The molecule has 0 bridgehead atoms. The van der Waals surface area contributed by atoms with Crippen molar-refractivity contribution in [2.45, 2.75) is 39.5 Å². The zero-order chi connectivity index (χ0) is 11.2. The lowest BCUT2D eigenvalue weighted by atomic mass is 10.2. The summed E-state index contributed by atoms with van der Waals surface area (Å²) in [4.78, 5) is 3.78. The smallest absolute Gasteiger partial charge is 0.0267 e. The summed E-state index contributed by atoms with van der Waals surface area (Å²) >= 11 is 0. The molecular formula is C13H24N2. The Morgan fingerprint density at radius 3 is 2.07 bits per heavy atom. The molecule has 2 heteroatoms. The number of hydrogen-bond donors (Lipinski definition) is 1. The Bertz CT molecular complexity index is 154. The highest BCUT2D eigenvalue weighted by Gasteiger charge is 1.84. The van der Waals surface area contributed by atoms with Gasteiger partial charge >= 0.3 is 0 Å². The van der Waals surface area contributed by atoms with Gasteiger partial charge in [-0.15, -0.1) is 0 Å². The molecule has 0 aromatic carbocycles. The molecule has 1 rings (SSSR count). The van der Waals surface area contributed by atoms with Gasteiger partial charge in [0.2, 0.25) is 0 Å². The van der Waals surface area contributed by atoms with E-state index >= 15 is 0 Å². The summed E-state index contributed by atoms with van der Waals surface area (Å²) in [5.41, 5.74) is 0. The fourth-order valence-corrected chi connectivity index (χ4v) is 1.17. The fraction of sp³-hybridized carbons (Fsp3) is 0.615. The van der Waals surface area contributed by atoms with Crippen LogP contribution in [0.1, 0.15) is 39.5 Å². The van der Waals surface area contributed by atoms with Crippen LogP contribution in [0.15, 0.2) is 30.6 Å². The van der Waals surface area contributed by atoms with Crippen LogP contribution in [-0.4, -0.2) is 18.1 Å². The molecule has 2 nitrogen and oxygen atoms in total. The van der Waals surface area contributed by atoms with Crippen LogP contribution in [-0.2, 0) is 0 Å². The van der Waals surface area contributed by atoms with Crippen molar-refractivity contribution in [3.8, 4) is 0 Å². The molecule has 1 heterocycles. The first kappa shape index (κ1) is 14.1. The minimum absolute atomic E-state index is 1.12. The molecule has 1 N–H and O–H groups in total. The number of hydrogen-bond acceptors (Lipinski definition) is 2. The molecule has 1 aromatic rings. The summed E-state index contributed by atoms with van der Waals surface area (Å²) in [5, 5.41) is 3.31. The van der Waals surface area contributed by atoms with Crippen molar-refractivity contribution in [2.75, 3.05) is 13.1 Å². The SMILES string of the molecule is CCCCCCNCC.c1ccncc1. The molecule has 0 saturated carbocycles. The first-order valence-corrected chi connectivity index (χ1v) is 5.97. The predicted octanol–water partition coefficient (Wildman–Crippen LogP) is 3.26. The van der Waals surface area contributed by atoms with Crippen LogP contribution in [0.2, 0.25) is 0 Å². The van der Waals surface area contributed by atoms with Gasteiger partial charge in [0, 0.05) is 12.4 Å². The van der Waals surface area contributed by atoms with Crippen LogP contribution in [0.4, 0.5) is 0 Å². The van der Waals surface area contributed by atoms with E-state index in [1.165, 1.54) is 32.2 Å². The van der Waals surface area contributed by atoms with E-state index in [0.717, 1.165) is 6.54 Å². The molecule has 0 saturated heterocycles. The zero-order valence-corrected chi connectivity index (χ0v) is 10.1. The molecule has 86 valence electrons. The molecule has 0 amide bonds. The summed E-state index contributed by atoms with van der Waals surface area (Å²) < 4.78 is 0. The van der Waals surface area contributed by atoms with Gasteiger partial charge in [-0.2, -0.15) is 0 Å². The van der Waals surface area contributed by atoms with Crippen LogP contribution >= 0.6 is 0 Å². The number of aromatic nitrogens is 1. The zero-order valence-electron chi connectivity index (χ0n) is 10.1. The Hall–Kier alpha value is -0.890. The molecular weight excluding hydrogens is 184 g/mol. The van der Waals surface area contributed by atoms with E-state index in [9.17, 15) is 0 Å². The number of rotatable bonds is 6. The fourth-order valence-electron chi connectivity index (χ4n) is 1.17. The van der Waals surface area contributed by atoms with E-state index in [-0.39, 0.29) is 0 Å². The van der Waals surface area contributed by atoms with Crippen LogP contribution < -0.4 is 5.32 Å². The van der Waals surface area contributed by atoms with E-state index in [2.05, 4.69) is 24.1 Å². The molecule has 0 fully saturated rings. The van der Waals surface area contributed by atoms with Gasteiger partial charge in [-0.1, -0.05) is 39.2 Å². The van der Waals surface area contributed by atoms with Gasteiger partial charge in [-0.25, -0.2) is 0 Å². The summed E-state index contributed by atoms with van der Waals surface area (Å²) in [6.07, 6.45) is 8.97. The summed E-state index contributed by atoms with van der Waals surface area (Å²) in [6.45, 7) is 6.72. The average Bonchev–Trinajstić information content (AvgIpc) is 2.32. The minimum atomic E-state index is 1.12. The van der Waals surface area contributed by atoms with Crippen LogP contribution in [0.5, 0.6) is 0 Å². The first-order chi connectivity index (χ1) is 7.41. The van der Waals surface area contributed by atoms with E-state index in [0.29, 0.717) is 0 Å². The van der Waals surface area contributed by atoms with E-state index in [1.807, 2.05) is 18.2 Å². The largest absolute Gasteiger partial charge is 0.317 e. The number of nitrogens with one attached hydrogen (secondary N) is 1. The minimum Gasteiger partial charge on any atom is -0.317 e. The molecule has 0 aliphatic heterocycles. The normalized spacial score (nSPS) is 9.20. The van der Waals surface area contributed by atoms with Gasteiger partial charge < -0.3 is 5.32 Å². The number of nitrogens with zero attached hydrogens (tertiary/aromatic N) is 1. The van der Waals surface area contributed by atoms with E-state index < -0.39 is 0 Å². The van der Waals surface area contributed by atoms with Crippen molar-refractivity contribution in [1.82, 2.24) is 10.3 Å². The van der Waals surface area contributed by atoms with Gasteiger partial charge in [0.15, 0.2) is 0 Å². The Morgan fingerprint density at radius 1 is 0.933 bits per heavy atom. The average molecular weight is 208 g/mol. The van der Waals surface area contributed by atoms with Gasteiger partial charge in [0.1, 0.15) is 0 Å². The predicted molar refractivity (Wildman–Crippen MR) is 66.9 cm³/mol. The van der Waals surface area contributed by atoms with Crippen molar-refractivity contribution in [3.63, 3.8) is 0 Å². The quantitative estimate of drug-likeness (QED) is 0.726. The third-order valence-corrected chi connectivity index (χ3v) is 2.02. The van der Waals surface area contributed by atoms with Gasteiger partial charge in [-0.3, -0.25) is 4.98 Å². The molecule has 1 aromatic heterocycles.